The normalized spacial score (nSPS) is 13.5. The van der Waals surface area contributed by atoms with E-state index in [-0.39, 0.29) is 10.9 Å². The summed E-state index contributed by atoms with van der Waals surface area (Å²) in [6.07, 6.45) is 1.35. The Morgan fingerprint density at radius 3 is 2.58 bits per heavy atom. The van der Waals surface area contributed by atoms with Gasteiger partial charge in [-0.15, -0.1) is 0 Å². The van der Waals surface area contributed by atoms with Gasteiger partial charge in [-0.1, -0.05) is 0 Å². The number of sulfonamides is 1. The first kappa shape index (κ1) is 15.9. The highest BCUT2D eigenvalue weighted by molar-refractivity contribution is 7.89. The Morgan fingerprint density at radius 2 is 2.11 bits per heavy atom. The number of nitrogens with one attached hydrogen (secondary N) is 1. The van der Waals surface area contributed by atoms with Gasteiger partial charge in [0.15, 0.2) is 0 Å². The summed E-state index contributed by atoms with van der Waals surface area (Å²) in [5.74, 6) is 0.630. The van der Waals surface area contributed by atoms with Gasteiger partial charge in [0, 0.05) is 32.9 Å². The van der Waals surface area contributed by atoms with Gasteiger partial charge >= 0.3 is 0 Å². The van der Waals surface area contributed by atoms with Gasteiger partial charge in [0.2, 0.25) is 10.0 Å². The van der Waals surface area contributed by atoms with Crippen LogP contribution in [0.4, 0.5) is 5.82 Å². The largest absolute Gasteiger partial charge is 0.380 e. The van der Waals surface area contributed by atoms with E-state index in [4.69, 9.17) is 4.74 Å². The van der Waals surface area contributed by atoms with Crippen molar-refractivity contribution in [3.8, 4) is 0 Å². The van der Waals surface area contributed by atoms with E-state index in [1.807, 2.05) is 13.8 Å². The number of anilines is 1. The average Bonchev–Trinajstić information content (AvgIpc) is 2.36. The quantitative estimate of drug-likeness (QED) is 0.815. The average molecular weight is 287 g/mol. The van der Waals surface area contributed by atoms with E-state index < -0.39 is 10.0 Å². The van der Waals surface area contributed by atoms with E-state index in [0.29, 0.717) is 19.0 Å². The van der Waals surface area contributed by atoms with Crippen molar-refractivity contribution in [2.24, 2.45) is 0 Å². The lowest BCUT2D eigenvalue weighted by Gasteiger charge is -2.15. The molecule has 6 nitrogen and oxygen atoms in total. The third-order valence-corrected chi connectivity index (χ3v) is 4.28. The fraction of sp³-hybridized carbons (Fsp3) is 0.583. The van der Waals surface area contributed by atoms with Gasteiger partial charge in [-0.3, -0.25) is 0 Å². The summed E-state index contributed by atoms with van der Waals surface area (Å²) in [5, 5.41) is 3.14. The van der Waals surface area contributed by atoms with Gasteiger partial charge in [0.1, 0.15) is 10.7 Å². The van der Waals surface area contributed by atoms with Crippen molar-refractivity contribution >= 4 is 15.8 Å². The van der Waals surface area contributed by atoms with Crippen LogP contribution >= 0.6 is 0 Å². The van der Waals surface area contributed by atoms with Crippen molar-refractivity contribution in [1.29, 1.82) is 0 Å². The van der Waals surface area contributed by atoms with Crippen LogP contribution in [0.5, 0.6) is 0 Å². The minimum absolute atomic E-state index is 0.115. The molecule has 1 aromatic heterocycles. The van der Waals surface area contributed by atoms with Gasteiger partial charge in [-0.25, -0.2) is 17.7 Å². The van der Waals surface area contributed by atoms with E-state index in [1.165, 1.54) is 26.4 Å². The summed E-state index contributed by atoms with van der Waals surface area (Å²) in [5.41, 5.74) is 0. The summed E-state index contributed by atoms with van der Waals surface area (Å²) in [6.45, 7) is 5.16. The third-order valence-electron chi connectivity index (χ3n) is 2.48. The molecule has 0 spiro atoms. The lowest BCUT2D eigenvalue weighted by atomic mass is 10.3. The molecule has 108 valence electrons. The van der Waals surface area contributed by atoms with Gasteiger partial charge in [-0.2, -0.15) is 0 Å². The summed E-state index contributed by atoms with van der Waals surface area (Å²) in [4.78, 5) is 4.28. The zero-order chi connectivity index (χ0) is 14.5. The molecule has 0 fully saturated rings. The summed E-state index contributed by atoms with van der Waals surface area (Å²) in [7, 11) is -0.434. The molecule has 7 heteroatoms. The lowest BCUT2D eigenvalue weighted by molar-refractivity contribution is 0.141. The van der Waals surface area contributed by atoms with Crippen LogP contribution in [0.2, 0.25) is 0 Å². The second-order valence-electron chi connectivity index (χ2n) is 4.37. The Kier molecular flexibility index (Phi) is 5.71. The SMILES string of the molecule is CCOCC(C)Nc1ccc(S(=O)(=O)N(C)C)cn1. The molecule has 0 saturated heterocycles. The van der Waals surface area contributed by atoms with Crippen LogP contribution < -0.4 is 5.32 Å². The van der Waals surface area contributed by atoms with Gasteiger partial charge in [0.05, 0.1) is 6.61 Å². The molecule has 0 aliphatic heterocycles. The Labute approximate surface area is 114 Å². The lowest BCUT2D eigenvalue weighted by Crippen LogP contribution is -2.23. The van der Waals surface area contributed by atoms with E-state index in [1.54, 1.807) is 6.07 Å². The Balaban J connectivity index is 2.72. The highest BCUT2D eigenvalue weighted by Gasteiger charge is 2.17. The molecule has 0 aromatic carbocycles. The van der Waals surface area contributed by atoms with Crippen LogP contribution in [-0.4, -0.2) is 51.1 Å². The molecule has 19 heavy (non-hydrogen) atoms. The number of ether oxygens (including phenoxy) is 1. The first-order valence-electron chi connectivity index (χ1n) is 6.10. The zero-order valence-electron chi connectivity index (χ0n) is 11.8. The molecule has 0 aliphatic rings. The first-order valence-corrected chi connectivity index (χ1v) is 7.54. The predicted molar refractivity (Wildman–Crippen MR) is 74.7 cm³/mol. The van der Waals surface area contributed by atoms with Crippen LogP contribution in [0.25, 0.3) is 0 Å². The molecule has 0 saturated carbocycles. The molecule has 1 atom stereocenters. The molecule has 0 bridgehead atoms. The zero-order valence-corrected chi connectivity index (χ0v) is 12.6. The summed E-state index contributed by atoms with van der Waals surface area (Å²) in [6, 6.07) is 3.31. The molecule has 0 aliphatic carbocycles. The van der Waals surface area contributed by atoms with Crippen molar-refractivity contribution in [1.82, 2.24) is 9.29 Å². The summed E-state index contributed by atoms with van der Waals surface area (Å²) < 4.78 is 30.2. The maximum atomic E-state index is 11.9. The highest BCUT2D eigenvalue weighted by atomic mass is 32.2. The molecule has 1 unspecified atom stereocenters. The Hall–Kier alpha value is -1.18. The topological polar surface area (TPSA) is 71.5 Å². The highest BCUT2D eigenvalue weighted by Crippen LogP contribution is 2.14. The smallest absolute Gasteiger partial charge is 0.244 e. The number of hydrogen-bond acceptors (Lipinski definition) is 5. The monoisotopic (exact) mass is 287 g/mol. The minimum atomic E-state index is -3.42. The van der Waals surface area contributed by atoms with Crippen LogP contribution in [0.1, 0.15) is 13.8 Å². The molecule has 1 heterocycles. The van der Waals surface area contributed by atoms with E-state index in [2.05, 4.69) is 10.3 Å². The van der Waals surface area contributed by atoms with E-state index in [0.717, 1.165) is 4.31 Å². The van der Waals surface area contributed by atoms with Crippen molar-refractivity contribution < 1.29 is 13.2 Å². The number of nitrogens with zero attached hydrogens (tertiary/aromatic N) is 2. The number of rotatable bonds is 7. The number of hydrogen-bond donors (Lipinski definition) is 1. The molecular weight excluding hydrogens is 266 g/mol. The molecule has 1 aromatic rings. The minimum Gasteiger partial charge on any atom is -0.380 e. The molecule has 0 radical (unpaired) electrons. The predicted octanol–water partition coefficient (Wildman–Crippen LogP) is 1.17. The van der Waals surface area contributed by atoms with Crippen LogP contribution in [0.15, 0.2) is 23.2 Å². The third kappa shape index (κ3) is 4.45. The van der Waals surface area contributed by atoms with Crippen molar-refractivity contribution in [2.45, 2.75) is 24.8 Å². The fourth-order valence-electron chi connectivity index (χ4n) is 1.42. The standard InChI is InChI=1S/C12H21N3O3S/c1-5-18-9-10(2)14-12-7-6-11(8-13-12)19(16,17)15(3)4/h6-8,10H,5,9H2,1-4H3,(H,13,14). The molecule has 1 rings (SSSR count). The number of pyridine rings is 1. The van der Waals surface area contributed by atoms with Gasteiger partial charge in [0.25, 0.3) is 0 Å². The molecule has 0 amide bonds. The van der Waals surface area contributed by atoms with Crippen LogP contribution in [-0.2, 0) is 14.8 Å². The van der Waals surface area contributed by atoms with Crippen molar-refractivity contribution in [3.63, 3.8) is 0 Å². The van der Waals surface area contributed by atoms with E-state index >= 15 is 0 Å². The first-order chi connectivity index (χ1) is 8.87. The van der Waals surface area contributed by atoms with E-state index in [9.17, 15) is 8.42 Å². The maximum Gasteiger partial charge on any atom is 0.244 e. The van der Waals surface area contributed by atoms with Crippen molar-refractivity contribution in [3.05, 3.63) is 18.3 Å². The molecular formula is C12H21N3O3S. The Morgan fingerprint density at radius 1 is 1.42 bits per heavy atom. The van der Waals surface area contributed by atoms with Crippen LogP contribution in [0.3, 0.4) is 0 Å². The van der Waals surface area contributed by atoms with Gasteiger partial charge < -0.3 is 10.1 Å². The fourth-order valence-corrected chi connectivity index (χ4v) is 2.27. The van der Waals surface area contributed by atoms with Crippen LogP contribution in [0, 0.1) is 0 Å². The second-order valence-corrected chi connectivity index (χ2v) is 6.52. The Bertz CT molecular complexity index is 485. The number of aromatic nitrogens is 1. The van der Waals surface area contributed by atoms with Gasteiger partial charge in [-0.05, 0) is 26.0 Å². The maximum absolute atomic E-state index is 11.9. The van der Waals surface area contributed by atoms with Crippen molar-refractivity contribution in [2.75, 3.05) is 32.6 Å². The summed E-state index contributed by atoms with van der Waals surface area (Å²) >= 11 is 0. The second kappa shape index (κ2) is 6.83. The molecule has 1 N–H and O–H groups in total.